The Morgan fingerprint density at radius 1 is 0.921 bits per heavy atom. The summed E-state index contributed by atoms with van der Waals surface area (Å²) in [5.41, 5.74) is 10.2. The normalized spacial score (nSPS) is 11.6. The summed E-state index contributed by atoms with van der Waals surface area (Å²) in [6.07, 6.45) is 4.70. The Balaban J connectivity index is 1.55. The zero-order valence-corrected chi connectivity index (χ0v) is 21.8. The molecule has 0 aliphatic rings. The van der Waals surface area contributed by atoms with Crippen molar-refractivity contribution in [2.24, 2.45) is 5.73 Å². The number of fused-ring (bicyclic) bond motifs is 1. The molecule has 0 atom stereocenters. The number of nitrogens with two attached hydrogens (primary N) is 1. The maximum atomic E-state index is 12.3. The molecule has 1 heterocycles. The number of benzene rings is 3. The second-order valence-electron chi connectivity index (χ2n) is 9.63. The third-order valence-corrected chi connectivity index (χ3v) is 6.67. The number of aryl methyl sites for hydroxylation is 3. The Hall–Kier alpha value is -3.65. The van der Waals surface area contributed by atoms with Crippen LogP contribution in [0.3, 0.4) is 0 Å². The van der Waals surface area contributed by atoms with E-state index in [9.17, 15) is 15.0 Å². The molecule has 4 aromatic rings. The number of rotatable bonds is 13. The molecule has 3 aromatic carbocycles. The molecule has 0 bridgehead atoms. The minimum absolute atomic E-state index is 0.178. The molecular weight excluding hydrogens is 480 g/mol. The number of aliphatic hydroxyl groups is 2. The largest absolute Gasteiger partial charge is 0.494 e. The van der Waals surface area contributed by atoms with Gasteiger partial charge in [-0.05, 0) is 79.3 Å². The molecule has 7 nitrogen and oxygen atoms in total. The second-order valence-corrected chi connectivity index (χ2v) is 9.63. The van der Waals surface area contributed by atoms with Gasteiger partial charge in [-0.2, -0.15) is 0 Å². The van der Waals surface area contributed by atoms with Gasteiger partial charge in [-0.1, -0.05) is 36.4 Å². The molecule has 0 saturated carbocycles. The first kappa shape index (κ1) is 27.4. The van der Waals surface area contributed by atoms with E-state index >= 15 is 0 Å². The van der Waals surface area contributed by atoms with E-state index in [2.05, 4.69) is 59.3 Å². The van der Waals surface area contributed by atoms with Gasteiger partial charge >= 0.3 is 5.97 Å². The lowest BCUT2D eigenvalue weighted by atomic mass is 10.0. The van der Waals surface area contributed by atoms with Gasteiger partial charge in [-0.3, -0.25) is 4.79 Å². The van der Waals surface area contributed by atoms with Gasteiger partial charge in [0, 0.05) is 23.7 Å². The highest BCUT2D eigenvalue weighted by Gasteiger charge is 2.25. The average Bonchev–Trinajstić information content (AvgIpc) is 3.32. The number of aromatic nitrogens is 1. The van der Waals surface area contributed by atoms with Crippen LogP contribution in [0.15, 0.2) is 79.0 Å². The summed E-state index contributed by atoms with van der Waals surface area (Å²) >= 11 is 0. The topological polar surface area (TPSA) is 107 Å². The van der Waals surface area contributed by atoms with E-state index in [1.165, 1.54) is 11.1 Å². The van der Waals surface area contributed by atoms with Gasteiger partial charge in [0.1, 0.15) is 12.4 Å². The van der Waals surface area contributed by atoms with E-state index in [4.69, 9.17) is 15.2 Å². The molecule has 0 unspecified atom stereocenters. The molecule has 0 amide bonds. The van der Waals surface area contributed by atoms with Crippen molar-refractivity contribution in [2.75, 3.05) is 26.4 Å². The maximum Gasteiger partial charge on any atom is 0.306 e. The van der Waals surface area contributed by atoms with E-state index in [1.54, 1.807) is 0 Å². The predicted octanol–water partition coefficient (Wildman–Crippen LogP) is 3.97. The Morgan fingerprint density at radius 2 is 1.66 bits per heavy atom. The summed E-state index contributed by atoms with van der Waals surface area (Å²) in [5, 5.41) is 19.7. The van der Waals surface area contributed by atoms with Crippen molar-refractivity contribution >= 4 is 16.9 Å². The third-order valence-electron chi connectivity index (χ3n) is 6.67. The fourth-order valence-corrected chi connectivity index (χ4v) is 4.39. The molecule has 4 rings (SSSR count). The summed E-state index contributed by atoms with van der Waals surface area (Å²) in [4.78, 5) is 12.3. The standard InChI is InChI=1S/C31H36N2O5/c1-2-37-27-14-12-26(13-15-27)33-19-25(11-8-23-6-4-3-5-7-23)28-18-24(9-16-29(28)33)10-17-30(36)38-22-31(32,20-34)21-35/h3-7,9,12-16,18-19,34-35H,2,8,10-11,17,20-22,32H2,1H3. The highest BCUT2D eigenvalue weighted by Crippen LogP contribution is 2.29. The molecule has 38 heavy (non-hydrogen) atoms. The number of nitrogens with zero attached hydrogens (tertiary/aromatic N) is 1. The van der Waals surface area contributed by atoms with Crippen molar-refractivity contribution in [1.29, 1.82) is 0 Å². The quantitative estimate of drug-likeness (QED) is 0.232. The number of ether oxygens (including phenoxy) is 2. The zero-order chi connectivity index (χ0) is 27.0. The highest BCUT2D eigenvalue weighted by atomic mass is 16.5. The monoisotopic (exact) mass is 516 g/mol. The summed E-state index contributed by atoms with van der Waals surface area (Å²) in [6, 6.07) is 24.8. The van der Waals surface area contributed by atoms with Gasteiger partial charge in [0.25, 0.3) is 0 Å². The van der Waals surface area contributed by atoms with Crippen LogP contribution in [0.25, 0.3) is 16.6 Å². The fraction of sp³-hybridized carbons (Fsp3) is 0.323. The lowest BCUT2D eigenvalue weighted by molar-refractivity contribution is -0.146. The first-order valence-electron chi connectivity index (χ1n) is 13.0. The third kappa shape index (κ3) is 6.81. The van der Waals surface area contributed by atoms with Crippen molar-refractivity contribution in [1.82, 2.24) is 4.57 Å². The summed E-state index contributed by atoms with van der Waals surface area (Å²) in [5.74, 6) is 0.425. The van der Waals surface area contributed by atoms with E-state index in [0.717, 1.165) is 40.7 Å². The van der Waals surface area contributed by atoms with Gasteiger partial charge in [0.05, 0.1) is 30.9 Å². The van der Waals surface area contributed by atoms with E-state index in [0.29, 0.717) is 13.0 Å². The Kier molecular flexibility index (Phi) is 9.18. The second kappa shape index (κ2) is 12.7. The highest BCUT2D eigenvalue weighted by molar-refractivity contribution is 5.86. The van der Waals surface area contributed by atoms with Crippen LogP contribution >= 0.6 is 0 Å². The zero-order valence-electron chi connectivity index (χ0n) is 21.8. The van der Waals surface area contributed by atoms with Crippen LogP contribution < -0.4 is 10.5 Å². The molecule has 7 heteroatoms. The maximum absolute atomic E-state index is 12.3. The first-order chi connectivity index (χ1) is 18.4. The van der Waals surface area contributed by atoms with Gasteiger partial charge in [-0.15, -0.1) is 0 Å². The molecule has 1 aromatic heterocycles. The van der Waals surface area contributed by atoms with E-state index < -0.39 is 24.7 Å². The van der Waals surface area contributed by atoms with Gasteiger partial charge in [0.2, 0.25) is 0 Å². The van der Waals surface area contributed by atoms with Crippen LogP contribution in [0.1, 0.15) is 30.0 Å². The molecule has 0 aliphatic carbocycles. The van der Waals surface area contributed by atoms with E-state index in [1.807, 2.05) is 31.2 Å². The van der Waals surface area contributed by atoms with Crippen molar-refractivity contribution in [3.8, 4) is 11.4 Å². The van der Waals surface area contributed by atoms with E-state index in [-0.39, 0.29) is 13.0 Å². The summed E-state index contributed by atoms with van der Waals surface area (Å²) in [7, 11) is 0. The summed E-state index contributed by atoms with van der Waals surface area (Å²) in [6.45, 7) is 1.43. The molecule has 0 fully saturated rings. The van der Waals surface area contributed by atoms with Crippen LogP contribution in [0.5, 0.6) is 5.75 Å². The Bertz CT molecular complexity index is 1330. The van der Waals surface area contributed by atoms with Gasteiger partial charge in [-0.25, -0.2) is 0 Å². The molecule has 0 aliphatic heterocycles. The number of aliphatic hydroxyl groups excluding tert-OH is 2. The van der Waals surface area contributed by atoms with Crippen molar-refractivity contribution in [3.63, 3.8) is 0 Å². The Labute approximate surface area is 223 Å². The predicted molar refractivity (Wildman–Crippen MR) is 149 cm³/mol. The lowest BCUT2D eigenvalue weighted by Crippen LogP contribution is -2.51. The van der Waals surface area contributed by atoms with Crippen LogP contribution in [-0.4, -0.2) is 52.7 Å². The summed E-state index contributed by atoms with van der Waals surface area (Å²) < 4.78 is 13.0. The van der Waals surface area contributed by atoms with Crippen LogP contribution in [0, 0.1) is 0 Å². The average molecular weight is 517 g/mol. The van der Waals surface area contributed by atoms with Crippen LogP contribution in [0.4, 0.5) is 0 Å². The molecule has 0 radical (unpaired) electrons. The lowest BCUT2D eigenvalue weighted by Gasteiger charge is -2.23. The number of esters is 1. The van der Waals surface area contributed by atoms with Gasteiger partial charge in [0.15, 0.2) is 0 Å². The minimum Gasteiger partial charge on any atom is -0.494 e. The SMILES string of the molecule is CCOc1ccc(-n2cc(CCc3ccccc3)c3cc(CCC(=O)OCC(N)(CO)CO)ccc32)cc1. The number of carbonyl (C=O) groups excluding carboxylic acids is 1. The fourth-order valence-electron chi connectivity index (χ4n) is 4.39. The van der Waals surface area contributed by atoms with Gasteiger partial charge < -0.3 is 30.0 Å². The Morgan fingerprint density at radius 3 is 2.34 bits per heavy atom. The number of hydrogen-bond donors (Lipinski definition) is 3. The molecule has 4 N–H and O–H groups in total. The van der Waals surface area contributed by atoms with Crippen molar-refractivity contribution in [2.45, 2.75) is 38.1 Å². The molecular formula is C31H36N2O5. The first-order valence-corrected chi connectivity index (χ1v) is 13.0. The molecule has 0 spiro atoms. The molecule has 200 valence electrons. The number of carbonyl (C=O) groups is 1. The molecule has 0 saturated heterocycles. The van der Waals surface area contributed by atoms with Crippen molar-refractivity contribution in [3.05, 3.63) is 95.7 Å². The minimum atomic E-state index is -1.33. The smallest absolute Gasteiger partial charge is 0.306 e. The van der Waals surface area contributed by atoms with Crippen molar-refractivity contribution < 1.29 is 24.5 Å². The van der Waals surface area contributed by atoms with Crippen LogP contribution in [0.2, 0.25) is 0 Å². The number of hydrogen-bond acceptors (Lipinski definition) is 6. The van der Waals surface area contributed by atoms with Crippen LogP contribution in [-0.2, 0) is 28.8 Å².